The molecule has 33 heavy (non-hydrogen) atoms. The van der Waals surface area contributed by atoms with Crippen LogP contribution in [0.4, 0.5) is 5.69 Å². The van der Waals surface area contributed by atoms with Gasteiger partial charge in [0.1, 0.15) is 5.75 Å². The number of anilines is 1. The number of amides is 1. The molecule has 0 N–H and O–H groups in total. The first-order valence-corrected chi connectivity index (χ1v) is 10.8. The molecule has 0 fully saturated rings. The van der Waals surface area contributed by atoms with Crippen LogP contribution in [0.1, 0.15) is 34.0 Å². The molecule has 166 valence electrons. The van der Waals surface area contributed by atoms with Crippen molar-refractivity contribution in [2.24, 2.45) is 0 Å². The lowest BCUT2D eigenvalue weighted by Crippen LogP contribution is -2.26. The van der Waals surface area contributed by atoms with Gasteiger partial charge in [-0.3, -0.25) is 9.69 Å². The Bertz CT molecular complexity index is 1240. The number of esters is 1. The van der Waals surface area contributed by atoms with Gasteiger partial charge in [0.2, 0.25) is 0 Å². The third-order valence-electron chi connectivity index (χ3n) is 5.52. The summed E-state index contributed by atoms with van der Waals surface area (Å²) in [4.78, 5) is 27.5. The fraction of sp³-hybridized carbons (Fsp3) is 0.143. The summed E-state index contributed by atoms with van der Waals surface area (Å²) >= 11 is 0. The Morgan fingerprint density at radius 1 is 0.970 bits per heavy atom. The number of carbonyl (C=O) groups excluding carboxylic acids is 2. The van der Waals surface area contributed by atoms with Crippen LogP contribution in [0.15, 0.2) is 84.4 Å². The highest BCUT2D eigenvalue weighted by molar-refractivity contribution is 6.23. The van der Waals surface area contributed by atoms with Crippen LogP contribution < -0.4 is 9.64 Å². The van der Waals surface area contributed by atoms with Gasteiger partial charge < -0.3 is 9.47 Å². The molecule has 0 radical (unpaired) electrons. The zero-order chi connectivity index (χ0) is 23.4. The Hall–Kier alpha value is -4.12. The van der Waals surface area contributed by atoms with E-state index in [4.69, 9.17) is 9.47 Å². The van der Waals surface area contributed by atoms with E-state index in [2.05, 4.69) is 0 Å². The Balaban J connectivity index is 1.80. The molecular formula is C28H25NO4. The van der Waals surface area contributed by atoms with Crippen molar-refractivity contribution in [1.29, 1.82) is 0 Å². The van der Waals surface area contributed by atoms with Gasteiger partial charge in [0.15, 0.2) is 0 Å². The number of nitrogens with zero attached hydrogens (tertiary/aromatic N) is 1. The molecule has 0 unspecified atom stereocenters. The van der Waals surface area contributed by atoms with E-state index >= 15 is 0 Å². The average molecular weight is 440 g/mol. The van der Waals surface area contributed by atoms with Crippen LogP contribution in [0.3, 0.4) is 0 Å². The van der Waals surface area contributed by atoms with Crippen molar-refractivity contribution in [3.63, 3.8) is 0 Å². The van der Waals surface area contributed by atoms with Crippen LogP contribution in [0.2, 0.25) is 0 Å². The molecule has 1 heterocycles. The fourth-order valence-electron chi connectivity index (χ4n) is 3.88. The molecule has 1 aliphatic rings. The minimum atomic E-state index is -0.434. The SMILES string of the molecule is CCOc1ccc(/C=C2\C=C(c3ccccc3)N(c3cccc(C(=O)OC)c3C)C2=O)cc1. The smallest absolute Gasteiger partial charge is 0.338 e. The summed E-state index contributed by atoms with van der Waals surface area (Å²) in [6, 6.07) is 22.7. The topological polar surface area (TPSA) is 55.8 Å². The summed E-state index contributed by atoms with van der Waals surface area (Å²) in [5, 5.41) is 0. The number of carbonyl (C=O) groups is 2. The second kappa shape index (κ2) is 9.57. The molecule has 0 saturated heterocycles. The molecule has 0 aliphatic carbocycles. The van der Waals surface area contributed by atoms with E-state index in [1.54, 1.807) is 17.0 Å². The predicted octanol–water partition coefficient (Wildman–Crippen LogP) is 5.65. The molecule has 0 spiro atoms. The van der Waals surface area contributed by atoms with E-state index in [1.807, 2.05) is 86.7 Å². The molecule has 0 atom stereocenters. The van der Waals surface area contributed by atoms with E-state index in [-0.39, 0.29) is 5.91 Å². The summed E-state index contributed by atoms with van der Waals surface area (Å²) in [5.74, 6) is 0.194. The summed E-state index contributed by atoms with van der Waals surface area (Å²) in [7, 11) is 1.35. The van der Waals surface area contributed by atoms with Gasteiger partial charge in [-0.05, 0) is 67.0 Å². The molecule has 0 bridgehead atoms. The average Bonchev–Trinajstić information content (AvgIpc) is 3.16. The van der Waals surface area contributed by atoms with Gasteiger partial charge in [0.05, 0.1) is 30.7 Å². The first-order valence-electron chi connectivity index (χ1n) is 10.8. The molecule has 3 aromatic rings. The van der Waals surface area contributed by atoms with Crippen molar-refractivity contribution in [2.75, 3.05) is 18.6 Å². The fourth-order valence-corrected chi connectivity index (χ4v) is 3.88. The van der Waals surface area contributed by atoms with Crippen LogP contribution in [-0.4, -0.2) is 25.6 Å². The van der Waals surface area contributed by atoms with E-state index in [1.165, 1.54) is 7.11 Å². The maximum absolute atomic E-state index is 13.6. The lowest BCUT2D eigenvalue weighted by Gasteiger charge is -2.23. The third kappa shape index (κ3) is 4.44. The van der Waals surface area contributed by atoms with E-state index < -0.39 is 5.97 Å². The molecule has 5 heteroatoms. The zero-order valence-corrected chi connectivity index (χ0v) is 18.9. The van der Waals surface area contributed by atoms with E-state index in [0.29, 0.717) is 29.0 Å². The highest BCUT2D eigenvalue weighted by Crippen LogP contribution is 2.37. The Morgan fingerprint density at radius 2 is 1.70 bits per heavy atom. The highest BCUT2D eigenvalue weighted by Gasteiger charge is 2.32. The molecule has 4 rings (SSSR count). The number of hydrogen-bond acceptors (Lipinski definition) is 4. The summed E-state index contributed by atoms with van der Waals surface area (Å²) in [6.07, 6.45) is 3.75. The van der Waals surface area contributed by atoms with E-state index in [0.717, 1.165) is 22.6 Å². The molecule has 0 aromatic heterocycles. The van der Waals surface area contributed by atoms with Gasteiger partial charge >= 0.3 is 5.97 Å². The predicted molar refractivity (Wildman–Crippen MR) is 130 cm³/mol. The minimum absolute atomic E-state index is 0.159. The molecule has 0 saturated carbocycles. The second-order valence-electron chi connectivity index (χ2n) is 7.58. The van der Waals surface area contributed by atoms with E-state index in [9.17, 15) is 9.59 Å². The number of hydrogen-bond donors (Lipinski definition) is 0. The Labute approximate surface area is 193 Å². The Morgan fingerprint density at radius 3 is 2.36 bits per heavy atom. The number of ether oxygens (including phenoxy) is 2. The lowest BCUT2D eigenvalue weighted by molar-refractivity contribution is -0.113. The number of methoxy groups -OCH3 is 1. The van der Waals surface area contributed by atoms with Gasteiger partial charge in [-0.15, -0.1) is 0 Å². The molecule has 3 aromatic carbocycles. The summed E-state index contributed by atoms with van der Waals surface area (Å²) in [6.45, 7) is 4.36. The molecule has 1 aliphatic heterocycles. The normalized spacial score (nSPS) is 14.4. The lowest BCUT2D eigenvalue weighted by atomic mass is 10.0. The largest absolute Gasteiger partial charge is 0.494 e. The highest BCUT2D eigenvalue weighted by atomic mass is 16.5. The van der Waals surface area contributed by atoms with Gasteiger partial charge in [0, 0.05) is 5.57 Å². The zero-order valence-electron chi connectivity index (χ0n) is 18.9. The van der Waals surface area contributed by atoms with Crippen LogP contribution in [0, 0.1) is 6.92 Å². The van der Waals surface area contributed by atoms with Gasteiger partial charge in [-0.25, -0.2) is 4.79 Å². The third-order valence-corrected chi connectivity index (χ3v) is 5.52. The van der Waals surface area contributed by atoms with Gasteiger partial charge in [-0.2, -0.15) is 0 Å². The van der Waals surface area contributed by atoms with Crippen molar-refractivity contribution >= 4 is 29.3 Å². The van der Waals surface area contributed by atoms with Crippen molar-refractivity contribution in [3.05, 3.63) is 107 Å². The van der Waals surface area contributed by atoms with Crippen LogP contribution in [0.25, 0.3) is 11.8 Å². The van der Waals surface area contributed by atoms with Crippen molar-refractivity contribution in [1.82, 2.24) is 0 Å². The van der Waals surface area contributed by atoms with Crippen LogP contribution >= 0.6 is 0 Å². The first-order chi connectivity index (χ1) is 16.0. The number of benzene rings is 3. The van der Waals surface area contributed by atoms with Gasteiger partial charge in [-0.1, -0.05) is 48.5 Å². The van der Waals surface area contributed by atoms with Crippen LogP contribution in [0.5, 0.6) is 5.75 Å². The first kappa shape index (κ1) is 22.1. The monoisotopic (exact) mass is 439 g/mol. The number of rotatable bonds is 6. The maximum atomic E-state index is 13.6. The molecule has 5 nitrogen and oxygen atoms in total. The van der Waals surface area contributed by atoms with Gasteiger partial charge in [0.25, 0.3) is 5.91 Å². The summed E-state index contributed by atoms with van der Waals surface area (Å²) < 4.78 is 10.4. The minimum Gasteiger partial charge on any atom is -0.494 e. The standard InChI is InChI=1S/C28H25NO4/c1-4-33-23-15-13-20(14-16-23)17-22-18-26(21-9-6-5-7-10-21)29(27(22)30)25-12-8-11-24(19(25)2)28(31)32-3/h5-18H,4H2,1-3H3/b22-17+. The molecule has 1 amide bonds. The summed E-state index contributed by atoms with van der Waals surface area (Å²) in [5.41, 5.74) is 4.87. The van der Waals surface area contributed by atoms with Crippen molar-refractivity contribution < 1.29 is 19.1 Å². The van der Waals surface area contributed by atoms with Crippen molar-refractivity contribution in [3.8, 4) is 5.75 Å². The maximum Gasteiger partial charge on any atom is 0.338 e. The van der Waals surface area contributed by atoms with Crippen LogP contribution in [-0.2, 0) is 9.53 Å². The van der Waals surface area contributed by atoms with Crippen molar-refractivity contribution in [2.45, 2.75) is 13.8 Å². The Kier molecular flexibility index (Phi) is 6.41. The molecular weight excluding hydrogens is 414 g/mol. The second-order valence-corrected chi connectivity index (χ2v) is 7.58. The quantitative estimate of drug-likeness (QED) is 0.368.